The summed E-state index contributed by atoms with van der Waals surface area (Å²) < 4.78 is 29.7. The fraction of sp³-hybridized carbons (Fsp3) is 0.167. The van der Waals surface area contributed by atoms with Gasteiger partial charge in [0.25, 0.3) is 5.91 Å². The van der Waals surface area contributed by atoms with E-state index in [1.807, 2.05) is 0 Å². The molecule has 0 aliphatic heterocycles. The molecule has 0 bridgehead atoms. The van der Waals surface area contributed by atoms with Gasteiger partial charge in [0.05, 0.1) is 16.9 Å². The van der Waals surface area contributed by atoms with Crippen molar-refractivity contribution in [2.24, 2.45) is 7.05 Å². The summed E-state index contributed by atoms with van der Waals surface area (Å²) in [7, 11) is 1.57. The van der Waals surface area contributed by atoms with Crippen molar-refractivity contribution in [3.8, 4) is 5.75 Å². The minimum absolute atomic E-state index is 0.0499. The molecule has 2 aromatic rings. The Bertz CT molecular complexity index is 656. The van der Waals surface area contributed by atoms with Crippen LogP contribution in [0.3, 0.4) is 0 Å². The molecule has 0 spiro atoms. The van der Waals surface area contributed by atoms with Crippen LogP contribution < -0.4 is 15.8 Å². The maximum absolute atomic E-state index is 12.1. The second kappa shape index (κ2) is 5.96. The SMILES string of the molecule is Cn1ncc(N)c1C(=O)Nc1ccc(OC(F)F)c(Cl)c1. The van der Waals surface area contributed by atoms with Crippen molar-refractivity contribution in [2.75, 3.05) is 11.1 Å². The molecule has 0 unspecified atom stereocenters. The molecule has 6 nitrogen and oxygen atoms in total. The van der Waals surface area contributed by atoms with Crippen molar-refractivity contribution in [3.05, 3.63) is 35.1 Å². The topological polar surface area (TPSA) is 82.2 Å². The molecular weight excluding hydrogens is 306 g/mol. The molecule has 1 amide bonds. The van der Waals surface area contributed by atoms with E-state index in [0.717, 1.165) is 0 Å². The number of nitrogens with zero attached hydrogens (tertiary/aromatic N) is 2. The third-order valence-electron chi connectivity index (χ3n) is 2.59. The Morgan fingerprint density at radius 1 is 1.52 bits per heavy atom. The van der Waals surface area contributed by atoms with Gasteiger partial charge in [0, 0.05) is 12.7 Å². The van der Waals surface area contributed by atoms with Crippen molar-refractivity contribution < 1.29 is 18.3 Å². The lowest BCUT2D eigenvalue weighted by Gasteiger charge is -2.10. The molecule has 0 aliphatic rings. The molecule has 1 aromatic carbocycles. The smallest absolute Gasteiger partial charge is 0.387 e. The van der Waals surface area contributed by atoms with Crippen LogP contribution >= 0.6 is 11.6 Å². The molecule has 2 rings (SSSR count). The van der Waals surface area contributed by atoms with E-state index in [0.29, 0.717) is 5.69 Å². The largest absolute Gasteiger partial charge is 0.433 e. The highest BCUT2D eigenvalue weighted by molar-refractivity contribution is 6.32. The molecule has 21 heavy (non-hydrogen) atoms. The van der Waals surface area contributed by atoms with Crippen molar-refractivity contribution in [2.45, 2.75) is 6.61 Å². The Kier molecular flexibility index (Phi) is 4.27. The highest BCUT2D eigenvalue weighted by Gasteiger charge is 2.16. The Morgan fingerprint density at radius 2 is 2.24 bits per heavy atom. The third kappa shape index (κ3) is 3.40. The van der Waals surface area contributed by atoms with Gasteiger partial charge in [-0.1, -0.05) is 11.6 Å². The summed E-state index contributed by atoms with van der Waals surface area (Å²) in [6.45, 7) is -2.97. The second-order valence-corrected chi connectivity index (χ2v) is 4.46. The first-order valence-electron chi connectivity index (χ1n) is 5.71. The molecule has 0 saturated heterocycles. The lowest BCUT2D eigenvalue weighted by molar-refractivity contribution is -0.0497. The number of rotatable bonds is 4. The second-order valence-electron chi connectivity index (χ2n) is 4.05. The quantitative estimate of drug-likeness (QED) is 0.908. The summed E-state index contributed by atoms with van der Waals surface area (Å²) in [5, 5.41) is 6.33. The van der Waals surface area contributed by atoms with Crippen molar-refractivity contribution in [1.29, 1.82) is 0 Å². The van der Waals surface area contributed by atoms with Gasteiger partial charge in [-0.3, -0.25) is 9.48 Å². The Hall–Kier alpha value is -2.35. The minimum Gasteiger partial charge on any atom is -0.433 e. The molecule has 1 aromatic heterocycles. The Morgan fingerprint density at radius 3 is 2.76 bits per heavy atom. The van der Waals surface area contributed by atoms with Crippen LogP contribution in [0.1, 0.15) is 10.5 Å². The van der Waals surface area contributed by atoms with Crippen LogP contribution in [0, 0.1) is 0 Å². The first-order chi connectivity index (χ1) is 9.88. The van der Waals surface area contributed by atoms with Gasteiger partial charge in [-0.25, -0.2) is 0 Å². The Labute approximate surface area is 123 Å². The Balaban J connectivity index is 2.17. The first-order valence-corrected chi connectivity index (χ1v) is 6.09. The molecule has 0 atom stereocenters. The molecular formula is C12H11ClF2N4O2. The zero-order chi connectivity index (χ0) is 15.6. The van der Waals surface area contributed by atoms with E-state index >= 15 is 0 Å². The van der Waals surface area contributed by atoms with Crippen LogP contribution in [-0.4, -0.2) is 22.3 Å². The lowest BCUT2D eigenvalue weighted by Crippen LogP contribution is -2.17. The summed E-state index contributed by atoms with van der Waals surface area (Å²) in [5.41, 5.74) is 6.34. The average molecular weight is 317 g/mol. The molecule has 9 heteroatoms. The molecule has 0 saturated carbocycles. The van der Waals surface area contributed by atoms with Gasteiger partial charge < -0.3 is 15.8 Å². The molecule has 0 fully saturated rings. The number of amides is 1. The number of nitrogens with one attached hydrogen (secondary N) is 1. The van der Waals surface area contributed by atoms with Crippen molar-refractivity contribution in [3.63, 3.8) is 0 Å². The number of anilines is 2. The molecule has 112 valence electrons. The number of hydrogen-bond acceptors (Lipinski definition) is 4. The molecule has 0 radical (unpaired) electrons. The number of carbonyl (C=O) groups excluding carboxylic acids is 1. The highest BCUT2D eigenvalue weighted by atomic mass is 35.5. The van der Waals surface area contributed by atoms with E-state index in [1.54, 1.807) is 7.05 Å². The van der Waals surface area contributed by atoms with Crippen LogP contribution in [0.15, 0.2) is 24.4 Å². The van der Waals surface area contributed by atoms with E-state index < -0.39 is 12.5 Å². The van der Waals surface area contributed by atoms with E-state index in [9.17, 15) is 13.6 Å². The number of nitrogen functional groups attached to an aromatic ring is 1. The lowest BCUT2D eigenvalue weighted by atomic mass is 10.2. The number of nitrogens with two attached hydrogens (primary N) is 1. The van der Waals surface area contributed by atoms with E-state index in [-0.39, 0.29) is 22.2 Å². The monoisotopic (exact) mass is 316 g/mol. The number of benzene rings is 1. The van der Waals surface area contributed by atoms with Gasteiger partial charge in [0.2, 0.25) is 0 Å². The maximum atomic E-state index is 12.1. The summed E-state index contributed by atoms with van der Waals surface area (Å²) in [5.74, 6) is -0.671. The number of halogens is 3. The third-order valence-corrected chi connectivity index (χ3v) is 2.88. The van der Waals surface area contributed by atoms with Crippen molar-refractivity contribution >= 4 is 28.9 Å². The predicted molar refractivity (Wildman–Crippen MR) is 73.7 cm³/mol. The summed E-state index contributed by atoms with van der Waals surface area (Å²) >= 11 is 5.79. The first kappa shape index (κ1) is 15.0. The zero-order valence-corrected chi connectivity index (χ0v) is 11.6. The average Bonchev–Trinajstić information content (AvgIpc) is 2.72. The van der Waals surface area contributed by atoms with Gasteiger partial charge in [0.15, 0.2) is 0 Å². The van der Waals surface area contributed by atoms with Gasteiger partial charge in [-0.05, 0) is 18.2 Å². The minimum atomic E-state index is -2.97. The molecule has 1 heterocycles. The fourth-order valence-corrected chi connectivity index (χ4v) is 1.92. The number of aryl methyl sites for hydroxylation is 1. The zero-order valence-electron chi connectivity index (χ0n) is 10.8. The normalized spacial score (nSPS) is 10.7. The fourth-order valence-electron chi connectivity index (χ4n) is 1.69. The number of hydrogen-bond donors (Lipinski definition) is 2. The van der Waals surface area contributed by atoms with E-state index in [4.69, 9.17) is 17.3 Å². The highest BCUT2D eigenvalue weighted by Crippen LogP contribution is 2.29. The van der Waals surface area contributed by atoms with Gasteiger partial charge in [-0.15, -0.1) is 0 Å². The number of carbonyl (C=O) groups is 1. The number of ether oxygens (including phenoxy) is 1. The maximum Gasteiger partial charge on any atom is 0.387 e. The van der Waals surface area contributed by atoms with Gasteiger partial charge in [0.1, 0.15) is 11.4 Å². The van der Waals surface area contributed by atoms with Crippen LogP contribution in [0.5, 0.6) is 5.75 Å². The van der Waals surface area contributed by atoms with Crippen LogP contribution in [0.25, 0.3) is 0 Å². The van der Waals surface area contributed by atoms with Gasteiger partial charge >= 0.3 is 6.61 Å². The van der Waals surface area contributed by atoms with Crippen LogP contribution in [0.4, 0.5) is 20.2 Å². The predicted octanol–water partition coefficient (Wildman–Crippen LogP) is 2.51. The van der Waals surface area contributed by atoms with Crippen LogP contribution in [-0.2, 0) is 7.05 Å². The van der Waals surface area contributed by atoms with Crippen LogP contribution in [0.2, 0.25) is 5.02 Å². The van der Waals surface area contributed by atoms with Gasteiger partial charge in [-0.2, -0.15) is 13.9 Å². The van der Waals surface area contributed by atoms with E-state index in [1.165, 1.54) is 29.1 Å². The molecule has 3 N–H and O–H groups in total. The summed E-state index contributed by atoms with van der Waals surface area (Å²) in [6, 6.07) is 3.91. The van der Waals surface area contributed by atoms with E-state index in [2.05, 4.69) is 15.2 Å². The molecule has 0 aliphatic carbocycles. The standard InChI is InChI=1S/C12H11ClF2N4O2/c1-19-10(8(16)5-17-19)11(20)18-6-2-3-9(7(13)4-6)21-12(14)15/h2-5,12H,16H2,1H3,(H,18,20). The summed E-state index contributed by atoms with van der Waals surface area (Å²) in [6.07, 6.45) is 1.35. The number of alkyl halides is 2. The van der Waals surface area contributed by atoms with Crippen molar-refractivity contribution in [1.82, 2.24) is 9.78 Å². The summed E-state index contributed by atoms with van der Waals surface area (Å²) in [4.78, 5) is 12.0. The number of aromatic nitrogens is 2.